The van der Waals surface area contributed by atoms with Crippen molar-refractivity contribution in [3.05, 3.63) is 66.1 Å². The van der Waals surface area contributed by atoms with Crippen LogP contribution >= 0.6 is 0 Å². The maximum atomic E-state index is 13.7. The molecule has 1 aromatic heterocycles. The zero-order valence-electron chi connectivity index (χ0n) is 11.0. The van der Waals surface area contributed by atoms with Gasteiger partial charge in [-0.3, -0.25) is 9.78 Å². The number of nitrogen functional groups attached to an aromatic ring is 1. The van der Waals surface area contributed by atoms with E-state index >= 15 is 0 Å². The molecule has 0 spiro atoms. The molecule has 0 bridgehead atoms. The van der Waals surface area contributed by atoms with Crippen LogP contribution in [0.1, 0.15) is 10.4 Å². The maximum absolute atomic E-state index is 13.7. The van der Waals surface area contributed by atoms with Gasteiger partial charge in [-0.05, 0) is 36.4 Å². The monoisotopic (exact) mass is 281 g/mol. The van der Waals surface area contributed by atoms with Gasteiger partial charge in [0, 0.05) is 22.8 Å². The van der Waals surface area contributed by atoms with Crippen molar-refractivity contribution in [2.24, 2.45) is 0 Å². The molecule has 0 aliphatic carbocycles. The second-order valence-electron chi connectivity index (χ2n) is 4.57. The van der Waals surface area contributed by atoms with E-state index in [0.717, 1.165) is 0 Å². The summed E-state index contributed by atoms with van der Waals surface area (Å²) in [5.41, 5.74) is 7.03. The molecule has 2 aromatic carbocycles. The number of rotatable bonds is 2. The van der Waals surface area contributed by atoms with Gasteiger partial charge in [-0.1, -0.05) is 12.1 Å². The molecule has 4 nitrogen and oxygen atoms in total. The van der Waals surface area contributed by atoms with Crippen LogP contribution in [0.2, 0.25) is 0 Å². The van der Waals surface area contributed by atoms with Crippen LogP contribution in [0.3, 0.4) is 0 Å². The van der Waals surface area contributed by atoms with E-state index in [1.165, 1.54) is 18.2 Å². The highest BCUT2D eigenvalue weighted by Crippen LogP contribution is 2.21. The van der Waals surface area contributed by atoms with E-state index in [0.29, 0.717) is 22.2 Å². The average molecular weight is 281 g/mol. The smallest absolute Gasteiger partial charge is 0.256 e. The predicted octanol–water partition coefficient (Wildman–Crippen LogP) is 3.21. The van der Waals surface area contributed by atoms with Crippen molar-refractivity contribution in [1.82, 2.24) is 4.98 Å². The minimum Gasteiger partial charge on any atom is -0.399 e. The van der Waals surface area contributed by atoms with E-state index < -0.39 is 11.7 Å². The molecule has 0 radical (unpaired) electrons. The Morgan fingerprint density at radius 3 is 2.81 bits per heavy atom. The number of aromatic nitrogens is 1. The number of hydrogen-bond donors (Lipinski definition) is 2. The fraction of sp³-hybridized carbons (Fsp3) is 0. The van der Waals surface area contributed by atoms with Gasteiger partial charge in [0.15, 0.2) is 0 Å². The largest absolute Gasteiger partial charge is 0.399 e. The summed E-state index contributed by atoms with van der Waals surface area (Å²) in [7, 11) is 0. The van der Waals surface area contributed by atoms with Crippen LogP contribution in [0.5, 0.6) is 0 Å². The predicted molar refractivity (Wildman–Crippen MR) is 80.5 cm³/mol. The zero-order chi connectivity index (χ0) is 14.8. The third kappa shape index (κ3) is 2.53. The van der Waals surface area contributed by atoms with Crippen LogP contribution < -0.4 is 11.1 Å². The average Bonchev–Trinajstić information content (AvgIpc) is 2.49. The quantitative estimate of drug-likeness (QED) is 0.709. The molecule has 3 aromatic rings. The van der Waals surface area contributed by atoms with Gasteiger partial charge < -0.3 is 11.1 Å². The molecular weight excluding hydrogens is 269 g/mol. The van der Waals surface area contributed by atoms with E-state index in [4.69, 9.17) is 5.73 Å². The number of benzene rings is 2. The van der Waals surface area contributed by atoms with E-state index in [2.05, 4.69) is 10.3 Å². The van der Waals surface area contributed by atoms with Crippen LogP contribution in [-0.4, -0.2) is 10.9 Å². The number of carbonyl (C=O) groups excluding carboxylic acids is 1. The molecule has 21 heavy (non-hydrogen) atoms. The van der Waals surface area contributed by atoms with E-state index in [9.17, 15) is 9.18 Å². The van der Waals surface area contributed by atoms with Crippen molar-refractivity contribution in [2.75, 3.05) is 11.1 Å². The van der Waals surface area contributed by atoms with Crippen molar-refractivity contribution in [3.63, 3.8) is 0 Å². The molecule has 104 valence electrons. The Balaban J connectivity index is 1.97. The summed E-state index contributed by atoms with van der Waals surface area (Å²) in [6.07, 6.45) is 1.66. The molecule has 1 heterocycles. The molecule has 0 saturated carbocycles. The Labute approximate surface area is 120 Å². The fourth-order valence-electron chi connectivity index (χ4n) is 2.12. The highest BCUT2D eigenvalue weighted by atomic mass is 19.1. The standard InChI is InChI=1S/C16H12FN3O/c17-13-9-10(18)6-7-15(13)20-16(21)12-3-1-5-14-11(12)4-2-8-19-14/h1-9H,18H2,(H,20,21). The van der Waals surface area contributed by atoms with Gasteiger partial charge in [0.1, 0.15) is 5.82 Å². The molecule has 0 aliphatic rings. The lowest BCUT2D eigenvalue weighted by molar-refractivity contribution is 0.102. The number of amides is 1. The number of hydrogen-bond acceptors (Lipinski definition) is 3. The van der Waals surface area contributed by atoms with Crippen molar-refractivity contribution >= 4 is 28.2 Å². The molecule has 3 N–H and O–H groups in total. The lowest BCUT2D eigenvalue weighted by Gasteiger charge is -2.09. The number of carbonyl (C=O) groups is 1. The molecule has 0 unspecified atom stereocenters. The Kier molecular flexibility index (Phi) is 3.23. The van der Waals surface area contributed by atoms with Gasteiger partial charge in [0.25, 0.3) is 5.91 Å². The summed E-state index contributed by atoms with van der Waals surface area (Å²) in [6, 6.07) is 12.9. The second kappa shape index (κ2) is 5.20. The van der Waals surface area contributed by atoms with E-state index in [1.54, 1.807) is 30.5 Å². The van der Waals surface area contributed by atoms with Crippen LogP contribution in [0.4, 0.5) is 15.8 Å². The number of fused-ring (bicyclic) bond motifs is 1. The zero-order valence-corrected chi connectivity index (χ0v) is 11.0. The van der Waals surface area contributed by atoms with Gasteiger partial charge in [-0.2, -0.15) is 0 Å². The number of anilines is 2. The van der Waals surface area contributed by atoms with Crippen molar-refractivity contribution < 1.29 is 9.18 Å². The Bertz CT molecular complexity index is 827. The van der Waals surface area contributed by atoms with Gasteiger partial charge in [0.2, 0.25) is 0 Å². The normalized spacial score (nSPS) is 10.5. The highest BCUT2D eigenvalue weighted by Gasteiger charge is 2.12. The third-order valence-corrected chi connectivity index (χ3v) is 3.13. The van der Waals surface area contributed by atoms with Crippen LogP contribution in [0, 0.1) is 5.82 Å². The van der Waals surface area contributed by atoms with Crippen LogP contribution in [-0.2, 0) is 0 Å². The summed E-state index contributed by atoms with van der Waals surface area (Å²) < 4.78 is 13.7. The topological polar surface area (TPSA) is 68.0 Å². The molecule has 1 amide bonds. The Hall–Kier alpha value is -2.95. The summed E-state index contributed by atoms with van der Waals surface area (Å²) in [6.45, 7) is 0. The molecular formula is C16H12FN3O. The number of nitrogens with zero attached hydrogens (tertiary/aromatic N) is 1. The van der Waals surface area contributed by atoms with Gasteiger partial charge in [-0.15, -0.1) is 0 Å². The second-order valence-corrected chi connectivity index (χ2v) is 4.57. The first-order chi connectivity index (χ1) is 10.1. The number of nitrogens with one attached hydrogen (secondary N) is 1. The first-order valence-corrected chi connectivity index (χ1v) is 6.35. The van der Waals surface area contributed by atoms with Crippen LogP contribution in [0.25, 0.3) is 10.9 Å². The highest BCUT2D eigenvalue weighted by molar-refractivity contribution is 6.12. The van der Waals surface area contributed by atoms with E-state index in [1.807, 2.05) is 6.07 Å². The lowest BCUT2D eigenvalue weighted by Crippen LogP contribution is -2.13. The fourth-order valence-corrected chi connectivity index (χ4v) is 2.12. The molecule has 5 heteroatoms. The SMILES string of the molecule is Nc1ccc(NC(=O)c2cccc3ncccc23)c(F)c1. The molecule has 3 rings (SSSR count). The van der Waals surface area contributed by atoms with Gasteiger partial charge >= 0.3 is 0 Å². The molecule has 0 atom stereocenters. The Morgan fingerprint density at radius 1 is 1.14 bits per heavy atom. The first kappa shape index (κ1) is 13.1. The van der Waals surface area contributed by atoms with E-state index in [-0.39, 0.29) is 5.69 Å². The van der Waals surface area contributed by atoms with Crippen molar-refractivity contribution in [1.29, 1.82) is 0 Å². The third-order valence-electron chi connectivity index (χ3n) is 3.13. The number of pyridine rings is 1. The number of nitrogens with two attached hydrogens (primary N) is 1. The maximum Gasteiger partial charge on any atom is 0.256 e. The first-order valence-electron chi connectivity index (χ1n) is 6.35. The summed E-state index contributed by atoms with van der Waals surface area (Å²) in [5, 5.41) is 3.26. The lowest BCUT2D eigenvalue weighted by atomic mass is 10.1. The van der Waals surface area contributed by atoms with Crippen molar-refractivity contribution in [2.45, 2.75) is 0 Å². The van der Waals surface area contributed by atoms with Crippen LogP contribution in [0.15, 0.2) is 54.7 Å². The molecule has 0 aliphatic heterocycles. The Morgan fingerprint density at radius 2 is 2.00 bits per heavy atom. The summed E-state index contributed by atoms with van der Waals surface area (Å²) in [4.78, 5) is 16.5. The van der Waals surface area contributed by atoms with Crippen molar-refractivity contribution in [3.8, 4) is 0 Å². The summed E-state index contributed by atoms with van der Waals surface area (Å²) in [5.74, 6) is -0.959. The minimum atomic E-state index is -0.568. The molecule has 0 saturated heterocycles. The van der Waals surface area contributed by atoms with Gasteiger partial charge in [-0.25, -0.2) is 4.39 Å². The summed E-state index contributed by atoms with van der Waals surface area (Å²) >= 11 is 0. The number of halogens is 1. The molecule has 0 fully saturated rings. The minimum absolute atomic E-state index is 0.0927. The van der Waals surface area contributed by atoms with Gasteiger partial charge in [0.05, 0.1) is 11.2 Å².